The maximum absolute atomic E-state index is 12.4. The molecule has 1 aliphatic rings. The summed E-state index contributed by atoms with van der Waals surface area (Å²) in [5.74, 6) is 0. The summed E-state index contributed by atoms with van der Waals surface area (Å²) >= 11 is 0. The maximum atomic E-state index is 12.4. The minimum Gasteiger partial charge on any atom is -0.313 e. The second-order valence-electron chi connectivity index (χ2n) is 5.09. The number of nitro benzene ring substituents is 1. The number of nitro groups is 1. The second kappa shape index (κ2) is 6.02. The molecular formula is C12H14N6O4S. The fraction of sp³-hybridized carbons (Fsp3) is 0.333. The molecule has 10 nitrogen and oxygen atoms in total. The van der Waals surface area contributed by atoms with Gasteiger partial charge < -0.3 is 5.32 Å². The lowest BCUT2D eigenvalue weighted by atomic mass is 10.2. The number of hydrogen-bond donors (Lipinski definition) is 2. The van der Waals surface area contributed by atoms with Gasteiger partial charge in [-0.2, -0.15) is 0 Å². The number of sulfonamides is 1. The van der Waals surface area contributed by atoms with Crippen LogP contribution in [0, 0.1) is 10.1 Å². The molecule has 2 heterocycles. The largest absolute Gasteiger partial charge is 0.313 e. The fourth-order valence-electron chi connectivity index (χ4n) is 2.47. The molecule has 1 fully saturated rings. The number of non-ortho nitro benzene ring substituents is 1. The standard InChI is InChI=1S/C12H14N6O4S/c19-18(20)9-1-3-10(4-2-9)23(21,22)15-11-7-13-8-12(11)17-6-5-14-16-17/h1-6,11-13,15H,7-8H2/t11-,12+/m1/s1. The van der Waals surface area contributed by atoms with Gasteiger partial charge in [-0.05, 0) is 12.1 Å². The van der Waals surface area contributed by atoms with Gasteiger partial charge in [0, 0.05) is 31.4 Å². The zero-order valence-corrected chi connectivity index (χ0v) is 12.7. The van der Waals surface area contributed by atoms with Crippen LogP contribution in [0.5, 0.6) is 0 Å². The van der Waals surface area contributed by atoms with Crippen LogP contribution in [0.3, 0.4) is 0 Å². The number of aromatic nitrogens is 3. The maximum Gasteiger partial charge on any atom is 0.269 e. The molecule has 1 aromatic heterocycles. The Balaban J connectivity index is 1.79. The molecular weight excluding hydrogens is 324 g/mol. The molecule has 2 atom stereocenters. The second-order valence-corrected chi connectivity index (χ2v) is 6.80. The van der Waals surface area contributed by atoms with Crippen molar-refractivity contribution in [1.29, 1.82) is 0 Å². The Morgan fingerprint density at radius 3 is 2.65 bits per heavy atom. The van der Waals surface area contributed by atoms with Crippen LogP contribution in [-0.4, -0.2) is 47.5 Å². The first-order valence-corrected chi connectivity index (χ1v) is 8.29. The quantitative estimate of drug-likeness (QED) is 0.564. The zero-order valence-electron chi connectivity index (χ0n) is 11.9. The third-order valence-electron chi connectivity index (χ3n) is 3.63. The zero-order chi connectivity index (χ0) is 16.4. The van der Waals surface area contributed by atoms with Gasteiger partial charge in [-0.15, -0.1) is 5.10 Å². The molecule has 1 aliphatic heterocycles. The van der Waals surface area contributed by atoms with Crippen LogP contribution >= 0.6 is 0 Å². The van der Waals surface area contributed by atoms with Crippen LogP contribution < -0.4 is 10.0 Å². The van der Waals surface area contributed by atoms with Gasteiger partial charge in [0.25, 0.3) is 5.69 Å². The number of nitrogens with one attached hydrogen (secondary N) is 2. The Morgan fingerprint density at radius 2 is 2.04 bits per heavy atom. The highest BCUT2D eigenvalue weighted by Crippen LogP contribution is 2.19. The van der Waals surface area contributed by atoms with E-state index in [0.29, 0.717) is 13.1 Å². The first-order valence-electron chi connectivity index (χ1n) is 6.81. The average molecular weight is 338 g/mol. The lowest BCUT2D eigenvalue weighted by molar-refractivity contribution is -0.384. The predicted molar refractivity (Wildman–Crippen MR) is 79.1 cm³/mol. The van der Waals surface area contributed by atoms with Crippen molar-refractivity contribution in [3.8, 4) is 0 Å². The first-order chi connectivity index (χ1) is 11.0. The van der Waals surface area contributed by atoms with Crippen molar-refractivity contribution >= 4 is 15.7 Å². The van der Waals surface area contributed by atoms with E-state index in [1.807, 2.05) is 0 Å². The van der Waals surface area contributed by atoms with Gasteiger partial charge in [-0.3, -0.25) is 10.1 Å². The molecule has 11 heteroatoms. The average Bonchev–Trinajstić information content (AvgIpc) is 3.17. The summed E-state index contributed by atoms with van der Waals surface area (Å²) in [7, 11) is -3.78. The van der Waals surface area contributed by atoms with E-state index in [-0.39, 0.29) is 16.6 Å². The Kier molecular flexibility index (Phi) is 4.07. The Morgan fingerprint density at radius 1 is 1.30 bits per heavy atom. The van der Waals surface area contributed by atoms with Gasteiger partial charge in [0.15, 0.2) is 0 Å². The third kappa shape index (κ3) is 3.21. The van der Waals surface area contributed by atoms with Crippen molar-refractivity contribution in [1.82, 2.24) is 25.0 Å². The third-order valence-corrected chi connectivity index (χ3v) is 5.13. The highest BCUT2D eigenvalue weighted by atomic mass is 32.2. The van der Waals surface area contributed by atoms with E-state index in [9.17, 15) is 18.5 Å². The molecule has 0 aliphatic carbocycles. The normalized spacial score (nSPS) is 21.4. The molecule has 1 aromatic carbocycles. The molecule has 23 heavy (non-hydrogen) atoms. The number of nitrogens with zero attached hydrogens (tertiary/aromatic N) is 4. The van der Waals surface area contributed by atoms with Gasteiger partial charge in [0.05, 0.1) is 28.1 Å². The number of benzene rings is 1. The molecule has 0 radical (unpaired) electrons. The van der Waals surface area contributed by atoms with Crippen LogP contribution in [0.25, 0.3) is 0 Å². The lowest BCUT2D eigenvalue weighted by Crippen LogP contribution is -2.41. The Hall–Kier alpha value is -2.37. The molecule has 0 amide bonds. The topological polar surface area (TPSA) is 132 Å². The molecule has 0 spiro atoms. The van der Waals surface area contributed by atoms with Crippen LogP contribution in [-0.2, 0) is 10.0 Å². The minimum absolute atomic E-state index is 0.0210. The monoisotopic (exact) mass is 338 g/mol. The van der Waals surface area contributed by atoms with Gasteiger partial charge >= 0.3 is 0 Å². The molecule has 3 rings (SSSR count). The van der Waals surface area contributed by atoms with Crippen molar-refractivity contribution in [2.24, 2.45) is 0 Å². The van der Waals surface area contributed by atoms with Gasteiger partial charge in [-0.25, -0.2) is 17.8 Å². The SMILES string of the molecule is O=[N+]([O-])c1ccc(S(=O)(=O)N[C@@H]2CNC[C@@H]2n2ccnn2)cc1. The summed E-state index contributed by atoms with van der Waals surface area (Å²) < 4.78 is 29.1. The highest BCUT2D eigenvalue weighted by Gasteiger charge is 2.33. The van der Waals surface area contributed by atoms with Crippen molar-refractivity contribution in [3.05, 3.63) is 46.8 Å². The predicted octanol–water partition coefficient (Wildman–Crippen LogP) is -0.322. The minimum atomic E-state index is -3.78. The molecule has 2 N–H and O–H groups in total. The van der Waals surface area contributed by atoms with Gasteiger partial charge in [0.1, 0.15) is 0 Å². The van der Waals surface area contributed by atoms with E-state index in [1.54, 1.807) is 10.9 Å². The van der Waals surface area contributed by atoms with Crippen LogP contribution in [0.15, 0.2) is 41.6 Å². The van der Waals surface area contributed by atoms with Gasteiger partial charge in [-0.1, -0.05) is 5.21 Å². The fourth-order valence-corrected chi connectivity index (χ4v) is 3.74. The number of rotatable bonds is 5. The van der Waals surface area contributed by atoms with Crippen molar-refractivity contribution in [2.45, 2.75) is 17.0 Å². The molecule has 0 unspecified atom stereocenters. The molecule has 1 saturated heterocycles. The van der Waals surface area contributed by atoms with E-state index in [2.05, 4.69) is 20.4 Å². The summed E-state index contributed by atoms with van der Waals surface area (Å²) in [5.41, 5.74) is -0.160. The summed E-state index contributed by atoms with van der Waals surface area (Å²) in [5, 5.41) is 21.4. The molecule has 122 valence electrons. The summed E-state index contributed by atoms with van der Waals surface area (Å²) in [6.45, 7) is 1.02. The van der Waals surface area contributed by atoms with Crippen molar-refractivity contribution in [2.75, 3.05) is 13.1 Å². The van der Waals surface area contributed by atoms with E-state index in [0.717, 1.165) is 12.1 Å². The number of hydrogen-bond acceptors (Lipinski definition) is 7. The Labute approximate surface area is 131 Å². The summed E-state index contributed by atoms with van der Waals surface area (Å²) in [6, 6.07) is 4.18. The van der Waals surface area contributed by atoms with E-state index >= 15 is 0 Å². The molecule has 0 bridgehead atoms. The van der Waals surface area contributed by atoms with Crippen LogP contribution in [0.4, 0.5) is 5.69 Å². The Bertz CT molecular complexity index is 789. The lowest BCUT2D eigenvalue weighted by Gasteiger charge is -2.19. The van der Waals surface area contributed by atoms with Crippen molar-refractivity contribution in [3.63, 3.8) is 0 Å². The van der Waals surface area contributed by atoms with Gasteiger partial charge in [0.2, 0.25) is 10.0 Å². The smallest absolute Gasteiger partial charge is 0.269 e. The molecule has 2 aromatic rings. The summed E-state index contributed by atoms with van der Waals surface area (Å²) in [6.07, 6.45) is 3.20. The van der Waals surface area contributed by atoms with Crippen LogP contribution in [0.1, 0.15) is 6.04 Å². The van der Waals surface area contributed by atoms with E-state index in [4.69, 9.17) is 0 Å². The van der Waals surface area contributed by atoms with E-state index < -0.39 is 21.0 Å². The first kappa shape index (κ1) is 15.5. The van der Waals surface area contributed by atoms with E-state index in [1.165, 1.54) is 18.3 Å². The van der Waals surface area contributed by atoms with Crippen LogP contribution in [0.2, 0.25) is 0 Å². The summed E-state index contributed by atoms with van der Waals surface area (Å²) in [4.78, 5) is 10.0. The molecule has 0 saturated carbocycles. The van der Waals surface area contributed by atoms with Crippen molar-refractivity contribution < 1.29 is 13.3 Å². The highest BCUT2D eigenvalue weighted by molar-refractivity contribution is 7.89.